The second-order valence-electron chi connectivity index (χ2n) is 8.68. The van der Waals surface area contributed by atoms with Gasteiger partial charge < -0.3 is 14.8 Å². The molecule has 1 atom stereocenters. The van der Waals surface area contributed by atoms with Gasteiger partial charge in [0.15, 0.2) is 0 Å². The lowest BCUT2D eigenvalue weighted by Gasteiger charge is -2.38. The molecule has 0 saturated carbocycles. The molecule has 8 heteroatoms. The molecular weight excluding hydrogens is 422 g/mol. The van der Waals surface area contributed by atoms with Gasteiger partial charge in [0.1, 0.15) is 0 Å². The smallest absolute Gasteiger partial charge is 0.338 e. The third-order valence-corrected chi connectivity index (χ3v) is 6.40. The molecule has 1 saturated heterocycles. The zero-order valence-corrected chi connectivity index (χ0v) is 20.3. The molecule has 0 unspecified atom stereocenters. The largest absolute Gasteiger partial charge is 0.466 e. The predicted molar refractivity (Wildman–Crippen MR) is 124 cm³/mol. The molecule has 2 amide bonds. The zero-order valence-electron chi connectivity index (χ0n) is 20.3. The minimum Gasteiger partial charge on any atom is -0.466 e. The molecule has 0 aliphatic carbocycles. The highest BCUT2D eigenvalue weighted by Gasteiger charge is 2.38. The number of benzene rings is 1. The average molecular weight is 458 g/mol. The minimum atomic E-state index is -0.584. The lowest BCUT2D eigenvalue weighted by molar-refractivity contribution is -0.149. The summed E-state index contributed by atoms with van der Waals surface area (Å²) in [4.78, 5) is 41.8. The lowest BCUT2D eigenvalue weighted by atomic mass is 9.90. The van der Waals surface area contributed by atoms with E-state index in [1.54, 1.807) is 14.0 Å². The van der Waals surface area contributed by atoms with E-state index in [2.05, 4.69) is 10.2 Å². The van der Waals surface area contributed by atoms with Crippen LogP contribution >= 0.6 is 0 Å². The first-order valence-electron chi connectivity index (χ1n) is 11.7. The molecular formula is C25H35N3O5. The Morgan fingerprint density at radius 2 is 1.76 bits per heavy atom. The van der Waals surface area contributed by atoms with Crippen molar-refractivity contribution in [3.8, 4) is 0 Å². The van der Waals surface area contributed by atoms with Crippen molar-refractivity contribution in [1.82, 2.24) is 15.1 Å². The quantitative estimate of drug-likeness (QED) is 0.633. The predicted octanol–water partition coefficient (Wildman–Crippen LogP) is 3.09. The van der Waals surface area contributed by atoms with Crippen molar-refractivity contribution in [1.29, 1.82) is 0 Å². The topological polar surface area (TPSA) is 88.2 Å². The SMILES string of the molecule is CCOC(=O)C1=C(CN2CCC(C(=O)OCC)CC2)N(C)C(=O)N[C@@H]1c1cc(C)ccc1C. The molecule has 0 bridgehead atoms. The van der Waals surface area contributed by atoms with Crippen molar-refractivity contribution < 1.29 is 23.9 Å². The first kappa shape index (κ1) is 24.8. The van der Waals surface area contributed by atoms with Crippen molar-refractivity contribution in [3.63, 3.8) is 0 Å². The number of nitrogens with one attached hydrogen (secondary N) is 1. The maximum Gasteiger partial charge on any atom is 0.338 e. The molecule has 0 aromatic heterocycles. The van der Waals surface area contributed by atoms with Crippen molar-refractivity contribution in [2.24, 2.45) is 5.92 Å². The third-order valence-electron chi connectivity index (χ3n) is 6.40. The summed E-state index contributed by atoms with van der Waals surface area (Å²) in [6.45, 7) is 9.98. The van der Waals surface area contributed by atoms with Gasteiger partial charge in [0.2, 0.25) is 0 Å². The van der Waals surface area contributed by atoms with Crippen LogP contribution in [0, 0.1) is 19.8 Å². The number of esters is 2. The van der Waals surface area contributed by atoms with Crippen molar-refractivity contribution >= 4 is 18.0 Å². The van der Waals surface area contributed by atoms with Crippen LogP contribution in [0.1, 0.15) is 49.4 Å². The summed E-state index contributed by atoms with van der Waals surface area (Å²) < 4.78 is 10.6. The first-order valence-corrected chi connectivity index (χ1v) is 11.7. The fourth-order valence-electron chi connectivity index (χ4n) is 4.50. The number of rotatable bonds is 7. The van der Waals surface area contributed by atoms with E-state index in [9.17, 15) is 14.4 Å². The van der Waals surface area contributed by atoms with Gasteiger partial charge in [-0.3, -0.25) is 14.6 Å². The summed E-state index contributed by atoms with van der Waals surface area (Å²) in [7, 11) is 1.68. The number of urea groups is 1. The Bertz CT molecular complexity index is 934. The van der Waals surface area contributed by atoms with E-state index < -0.39 is 12.0 Å². The number of hydrogen-bond acceptors (Lipinski definition) is 6. The van der Waals surface area contributed by atoms with Crippen LogP contribution in [0.15, 0.2) is 29.5 Å². The molecule has 1 N–H and O–H groups in total. The molecule has 0 spiro atoms. The Hall–Kier alpha value is -2.87. The molecule has 180 valence electrons. The lowest BCUT2D eigenvalue weighted by Crippen LogP contribution is -2.50. The molecule has 2 aliphatic rings. The van der Waals surface area contributed by atoms with Gasteiger partial charge in [-0.05, 0) is 64.8 Å². The van der Waals surface area contributed by atoms with Gasteiger partial charge in [0.05, 0.1) is 30.7 Å². The number of ether oxygens (including phenoxy) is 2. The van der Waals surface area contributed by atoms with Crippen LogP contribution in [0.5, 0.6) is 0 Å². The highest BCUT2D eigenvalue weighted by molar-refractivity contribution is 5.95. The summed E-state index contributed by atoms with van der Waals surface area (Å²) in [5.74, 6) is -0.672. The van der Waals surface area contributed by atoms with Crippen LogP contribution in [0.25, 0.3) is 0 Å². The number of likely N-dealkylation sites (N-methyl/N-ethyl adjacent to an activating group) is 1. The highest BCUT2D eigenvalue weighted by Crippen LogP contribution is 2.34. The molecule has 3 rings (SSSR count). The average Bonchev–Trinajstić information content (AvgIpc) is 2.79. The van der Waals surface area contributed by atoms with E-state index in [0.29, 0.717) is 50.4 Å². The van der Waals surface area contributed by atoms with Gasteiger partial charge >= 0.3 is 18.0 Å². The summed E-state index contributed by atoms with van der Waals surface area (Å²) >= 11 is 0. The van der Waals surface area contributed by atoms with Crippen LogP contribution in [-0.2, 0) is 19.1 Å². The van der Waals surface area contributed by atoms with Crippen LogP contribution in [0.4, 0.5) is 4.79 Å². The van der Waals surface area contributed by atoms with Crippen LogP contribution in [0.2, 0.25) is 0 Å². The van der Waals surface area contributed by atoms with Crippen molar-refractivity contribution in [3.05, 3.63) is 46.2 Å². The number of nitrogens with zero attached hydrogens (tertiary/aromatic N) is 2. The molecule has 33 heavy (non-hydrogen) atoms. The normalized spacial score (nSPS) is 20.0. The Kier molecular flexibility index (Phi) is 8.13. The van der Waals surface area contributed by atoms with E-state index in [1.165, 1.54) is 4.90 Å². The first-order chi connectivity index (χ1) is 15.8. The molecule has 0 radical (unpaired) electrons. The van der Waals surface area contributed by atoms with Crippen molar-refractivity contribution in [2.45, 2.75) is 46.6 Å². The minimum absolute atomic E-state index is 0.102. The number of likely N-dealkylation sites (tertiary alicyclic amines) is 1. The number of carbonyl (C=O) groups excluding carboxylic acids is 3. The summed E-state index contributed by atoms with van der Waals surface area (Å²) in [6.07, 6.45) is 1.38. The Balaban J connectivity index is 1.93. The van der Waals surface area contributed by atoms with Crippen molar-refractivity contribution in [2.75, 3.05) is 39.9 Å². The van der Waals surface area contributed by atoms with E-state index in [1.807, 2.05) is 39.0 Å². The maximum absolute atomic E-state index is 13.2. The number of amides is 2. The molecule has 2 aliphatic heterocycles. The van der Waals surface area contributed by atoms with Crippen LogP contribution in [0.3, 0.4) is 0 Å². The second kappa shape index (κ2) is 10.8. The van der Waals surface area contributed by atoms with Gasteiger partial charge in [-0.1, -0.05) is 23.8 Å². The molecule has 8 nitrogen and oxygen atoms in total. The second-order valence-corrected chi connectivity index (χ2v) is 8.68. The molecule has 1 fully saturated rings. The number of aryl methyl sites for hydroxylation is 2. The molecule has 1 aromatic carbocycles. The molecule has 1 aromatic rings. The van der Waals surface area contributed by atoms with Gasteiger partial charge in [-0.15, -0.1) is 0 Å². The van der Waals surface area contributed by atoms with E-state index in [0.717, 1.165) is 16.7 Å². The fourth-order valence-corrected chi connectivity index (χ4v) is 4.50. The monoisotopic (exact) mass is 457 g/mol. The van der Waals surface area contributed by atoms with Gasteiger partial charge in [-0.2, -0.15) is 0 Å². The van der Waals surface area contributed by atoms with E-state index >= 15 is 0 Å². The number of hydrogen-bond donors (Lipinski definition) is 1. The number of piperidine rings is 1. The Morgan fingerprint density at radius 3 is 2.39 bits per heavy atom. The standard InChI is InChI=1S/C25H35N3O5/c1-6-32-23(29)18-10-12-28(13-11-18)15-20-21(24(30)33-7-2)22(26-25(31)27(20)5)19-14-16(3)8-9-17(19)4/h8-9,14,18,22H,6-7,10-13,15H2,1-5H3,(H,26,31)/t22-/m1/s1. The van der Waals surface area contributed by atoms with Gasteiger partial charge in [0, 0.05) is 19.3 Å². The highest BCUT2D eigenvalue weighted by atomic mass is 16.5. The molecule has 2 heterocycles. The third kappa shape index (κ3) is 5.55. The Morgan fingerprint density at radius 1 is 1.09 bits per heavy atom. The van der Waals surface area contributed by atoms with E-state index in [-0.39, 0.29) is 24.5 Å². The van der Waals surface area contributed by atoms with Crippen LogP contribution in [-0.4, -0.2) is 67.7 Å². The maximum atomic E-state index is 13.2. The van der Waals surface area contributed by atoms with E-state index in [4.69, 9.17) is 9.47 Å². The van der Waals surface area contributed by atoms with Gasteiger partial charge in [-0.25, -0.2) is 9.59 Å². The summed E-state index contributed by atoms with van der Waals surface area (Å²) in [5.41, 5.74) is 4.03. The zero-order chi connectivity index (χ0) is 24.1. The van der Waals surface area contributed by atoms with Gasteiger partial charge in [0.25, 0.3) is 0 Å². The Labute approximate surface area is 195 Å². The van der Waals surface area contributed by atoms with Crippen LogP contribution < -0.4 is 5.32 Å². The summed E-state index contributed by atoms with van der Waals surface area (Å²) in [6, 6.07) is 5.17. The number of carbonyl (C=O) groups is 3. The fraction of sp³-hybridized carbons (Fsp3) is 0.560. The summed E-state index contributed by atoms with van der Waals surface area (Å²) in [5, 5.41) is 2.99.